The maximum Gasteiger partial charge on any atom is 0.264 e. The minimum Gasteiger partial charge on any atom is -0.356 e. The number of fused-ring (bicyclic) bond motifs is 25. The molecule has 11 heterocycles. The van der Waals surface area contributed by atoms with Gasteiger partial charge in [0, 0.05) is 132 Å². The lowest BCUT2D eigenvalue weighted by Crippen LogP contribution is -2.66. The Morgan fingerprint density at radius 1 is 0.254 bits per heavy atom. The summed E-state index contributed by atoms with van der Waals surface area (Å²) in [6, 6.07) is 120. The standard InChI is InChI=1S/C97H62B3N9S5/c1-110-107-81-54-73-69(99-91-74(101-73)46-58(102-75-38-18-10-30-61(75)62-31-11-19-39-76(62)102)47-84(91)105(56-26-6-4-7-27-56)94-67-36-16-24-44-89(67)113-96(94)99)52-70(81)98-71-53-72-83(55-82(71)108(111-2)88-51-60(50-87(107)93(88)98)104-79-42-22-14-34-65(79)66-35-15-23-43-80(66)104)109(112-3)86-49-59(103-77-40-20-12-32-63(77)64-33-13-21-41-78(64)103)48-85-92(86)100(72)97-95(68-37-17-25-45-90(68)114-97)106(85)57-28-8-5-9-29-57/h4-55,101H,1-3H3. The van der Waals surface area contributed by atoms with E-state index in [1.54, 1.807) is 11.9 Å². The van der Waals surface area contributed by atoms with Crippen molar-refractivity contribution in [2.24, 2.45) is 0 Å². The summed E-state index contributed by atoms with van der Waals surface area (Å²) in [6.45, 7) is -0.487. The second-order valence-electron chi connectivity index (χ2n) is 30.6. The first-order chi connectivity index (χ1) is 56.5. The van der Waals surface area contributed by atoms with E-state index in [-0.39, 0.29) is 20.1 Å². The molecule has 0 bridgehead atoms. The van der Waals surface area contributed by atoms with Crippen molar-refractivity contribution in [3.63, 3.8) is 0 Å². The normalized spacial score (nSPS) is 14.0. The zero-order chi connectivity index (χ0) is 74.6. The molecular weight excluding hydrogens is 1480 g/mol. The molecule has 0 unspecified atom stereocenters. The van der Waals surface area contributed by atoms with E-state index in [9.17, 15) is 0 Å². The largest absolute Gasteiger partial charge is 0.356 e. The fraction of sp³-hybridized carbons (Fsp3) is 0.0309. The predicted octanol–water partition coefficient (Wildman–Crippen LogP) is 20.8. The van der Waals surface area contributed by atoms with Crippen molar-refractivity contribution < 1.29 is 0 Å². The molecule has 0 spiro atoms. The molecule has 6 aliphatic heterocycles. The Labute approximate surface area is 679 Å². The number of nitrogens with zero attached hydrogens (tertiary/aromatic N) is 8. The summed E-state index contributed by atoms with van der Waals surface area (Å²) in [5.41, 5.74) is 36.0. The van der Waals surface area contributed by atoms with Gasteiger partial charge in [-0.3, -0.25) is 12.9 Å². The summed E-state index contributed by atoms with van der Waals surface area (Å²) >= 11 is 9.34. The molecule has 17 heteroatoms. The lowest BCUT2D eigenvalue weighted by Gasteiger charge is -2.46. The van der Waals surface area contributed by atoms with Crippen molar-refractivity contribution in [1.82, 2.24) is 13.7 Å². The first-order valence-electron chi connectivity index (χ1n) is 38.8. The average Bonchev–Trinajstić information content (AvgIpc) is 1.07. The van der Waals surface area contributed by atoms with Crippen LogP contribution < -0.4 is 75.8 Å². The van der Waals surface area contributed by atoms with Gasteiger partial charge in [-0.1, -0.05) is 194 Å². The van der Waals surface area contributed by atoms with Crippen LogP contribution in [-0.4, -0.2) is 52.6 Å². The first-order valence-corrected chi connectivity index (χ1v) is 44.0. The van der Waals surface area contributed by atoms with E-state index in [0.717, 1.165) is 39.8 Å². The Morgan fingerprint density at radius 2 is 0.570 bits per heavy atom. The molecule has 26 rings (SSSR count). The number of anilines is 14. The number of benzene rings is 15. The highest BCUT2D eigenvalue weighted by Crippen LogP contribution is 2.54. The second-order valence-corrected chi connectivity index (χ2v) is 35.0. The van der Waals surface area contributed by atoms with Crippen LogP contribution in [0.4, 0.5) is 79.6 Å². The molecular formula is C97H62B3N9S5. The van der Waals surface area contributed by atoms with Gasteiger partial charge in [0.25, 0.3) is 20.1 Å². The lowest BCUT2D eigenvalue weighted by molar-refractivity contribution is 1.17. The minimum atomic E-state index is -0.216. The first kappa shape index (κ1) is 64.2. The second kappa shape index (κ2) is 23.9. The van der Waals surface area contributed by atoms with Crippen molar-refractivity contribution in [2.45, 2.75) is 0 Å². The molecule has 0 atom stereocenters. The number of thiophene rings is 2. The molecule has 6 aliphatic rings. The molecule has 20 aromatic rings. The van der Waals surface area contributed by atoms with Crippen LogP contribution in [0.2, 0.25) is 0 Å². The molecule has 0 fully saturated rings. The smallest absolute Gasteiger partial charge is 0.264 e. The van der Waals surface area contributed by atoms with Gasteiger partial charge < -0.3 is 28.8 Å². The van der Waals surface area contributed by atoms with E-state index >= 15 is 0 Å². The zero-order valence-electron chi connectivity index (χ0n) is 61.9. The molecule has 5 aromatic heterocycles. The summed E-state index contributed by atoms with van der Waals surface area (Å²) in [5.74, 6) is 0. The van der Waals surface area contributed by atoms with Crippen LogP contribution in [0.3, 0.4) is 0 Å². The van der Waals surface area contributed by atoms with E-state index in [0.29, 0.717) is 0 Å². The third kappa shape index (κ3) is 8.51. The predicted molar refractivity (Wildman–Crippen MR) is 500 cm³/mol. The highest BCUT2D eigenvalue weighted by molar-refractivity contribution is 8.01. The van der Waals surface area contributed by atoms with Gasteiger partial charge in [0.15, 0.2) is 0 Å². The van der Waals surface area contributed by atoms with E-state index < -0.39 is 0 Å². The van der Waals surface area contributed by atoms with Crippen LogP contribution in [0.15, 0.2) is 315 Å². The maximum atomic E-state index is 4.35. The summed E-state index contributed by atoms with van der Waals surface area (Å²) < 4.78 is 20.6. The Kier molecular flexibility index (Phi) is 13.4. The van der Waals surface area contributed by atoms with Crippen molar-refractivity contribution in [3.8, 4) is 17.1 Å². The van der Waals surface area contributed by atoms with E-state index in [1.165, 1.54) is 190 Å². The number of hydrogen-bond donors (Lipinski definition) is 1. The SMILES string of the molecule is CSN1c2cc3c(cc2B2c4cc5c(cc4N(SC)c4cc(-n6c7ccccc7c7ccccc76)cc1c42)N(SC)c1cc(-n2c4ccccc4c4ccccc42)cc2c1B5c1sc4ccccc4c1N2c1ccccc1)B1c2sc4ccccc4c2N(c2ccccc2)c2cc(-n4c5ccccc5c5ccccc54)cc(c21)N3. The van der Waals surface area contributed by atoms with Crippen molar-refractivity contribution in [1.29, 1.82) is 0 Å². The summed E-state index contributed by atoms with van der Waals surface area (Å²) in [6.07, 6.45) is 6.85. The van der Waals surface area contributed by atoms with Crippen LogP contribution in [0.1, 0.15) is 0 Å². The molecule has 15 aromatic carbocycles. The highest BCUT2D eigenvalue weighted by Gasteiger charge is 2.52. The van der Waals surface area contributed by atoms with Crippen molar-refractivity contribution in [2.75, 3.05) is 46.8 Å². The number of rotatable bonds is 8. The number of hydrogen-bond acceptors (Lipinski definition) is 11. The zero-order valence-corrected chi connectivity index (χ0v) is 66.0. The maximum absolute atomic E-state index is 4.35. The molecule has 534 valence electrons. The van der Waals surface area contributed by atoms with Crippen molar-refractivity contribution in [3.05, 3.63) is 315 Å². The third-order valence-electron chi connectivity index (χ3n) is 25.2. The Bertz CT molecular complexity index is 7500. The molecule has 1 N–H and O–H groups in total. The quantitative estimate of drug-likeness (QED) is 0.118. The van der Waals surface area contributed by atoms with Crippen LogP contribution in [0.25, 0.3) is 103 Å². The van der Waals surface area contributed by atoms with Gasteiger partial charge in [-0.15, -0.1) is 22.7 Å². The number of aromatic nitrogens is 3. The van der Waals surface area contributed by atoms with Crippen LogP contribution in [0, 0.1) is 0 Å². The number of para-hydroxylation sites is 8. The fourth-order valence-electron chi connectivity index (χ4n) is 20.8. The fourth-order valence-corrected chi connectivity index (χ4v) is 25.6. The van der Waals surface area contributed by atoms with Crippen LogP contribution in [-0.2, 0) is 0 Å². The summed E-state index contributed by atoms with van der Waals surface area (Å²) in [5, 5.41) is 14.3. The van der Waals surface area contributed by atoms with Crippen molar-refractivity contribution >= 4 is 292 Å². The van der Waals surface area contributed by atoms with Gasteiger partial charge in [0.05, 0.1) is 78.6 Å². The summed E-state index contributed by atoms with van der Waals surface area (Å²) in [7, 11) is 0. The average molecular weight is 1550 g/mol. The van der Waals surface area contributed by atoms with Crippen LogP contribution in [0.5, 0.6) is 0 Å². The highest BCUT2D eigenvalue weighted by atomic mass is 32.2. The van der Waals surface area contributed by atoms with Gasteiger partial charge in [-0.05, 0) is 195 Å². The van der Waals surface area contributed by atoms with Gasteiger partial charge in [0.2, 0.25) is 0 Å². The molecule has 0 aliphatic carbocycles. The van der Waals surface area contributed by atoms with Crippen LogP contribution >= 0.6 is 58.5 Å². The van der Waals surface area contributed by atoms with Gasteiger partial charge >= 0.3 is 0 Å². The number of nitrogens with one attached hydrogen (secondary N) is 1. The summed E-state index contributed by atoms with van der Waals surface area (Å²) in [4.78, 5) is 5.21. The molecule has 0 amide bonds. The Hall–Kier alpha value is -12.3. The molecule has 0 radical (unpaired) electrons. The van der Waals surface area contributed by atoms with E-state index in [4.69, 9.17) is 0 Å². The third-order valence-corrected chi connectivity index (χ3v) is 29.9. The van der Waals surface area contributed by atoms with Gasteiger partial charge in [-0.2, -0.15) is 0 Å². The van der Waals surface area contributed by atoms with Gasteiger partial charge in [0.1, 0.15) is 0 Å². The van der Waals surface area contributed by atoms with E-state index in [1.807, 2.05) is 46.6 Å². The lowest BCUT2D eigenvalue weighted by atomic mass is 9.30. The minimum absolute atomic E-state index is 0.134. The topological polar surface area (TPSA) is 43.0 Å². The van der Waals surface area contributed by atoms with E-state index in [2.05, 4.69) is 376 Å². The molecule has 9 nitrogen and oxygen atoms in total. The van der Waals surface area contributed by atoms with Gasteiger partial charge in [-0.25, -0.2) is 0 Å². The molecule has 0 saturated heterocycles. The molecule has 114 heavy (non-hydrogen) atoms. The Balaban J connectivity index is 0.759. The Morgan fingerprint density at radius 3 is 0.982 bits per heavy atom. The monoisotopic (exact) mass is 1550 g/mol. The molecule has 0 saturated carbocycles.